The number of halogens is 1. The third kappa shape index (κ3) is 6.19. The van der Waals surface area contributed by atoms with Crippen molar-refractivity contribution >= 4 is 28.8 Å². The molecule has 0 spiro atoms. The molecule has 30 heavy (non-hydrogen) atoms. The maximum atomic E-state index is 12.9. The van der Waals surface area contributed by atoms with E-state index in [0.717, 1.165) is 22.2 Å². The zero-order valence-electron chi connectivity index (χ0n) is 16.8. The van der Waals surface area contributed by atoms with Crippen molar-refractivity contribution in [2.75, 3.05) is 27.4 Å². The van der Waals surface area contributed by atoms with Crippen LogP contribution in [0.1, 0.15) is 21.1 Å². The van der Waals surface area contributed by atoms with E-state index < -0.39 is 0 Å². The monoisotopic (exact) mass is 446 g/mol. The van der Waals surface area contributed by atoms with Crippen molar-refractivity contribution < 1.29 is 19.0 Å². The van der Waals surface area contributed by atoms with Gasteiger partial charge in [0.05, 0.1) is 26.0 Å². The van der Waals surface area contributed by atoms with E-state index in [1.807, 2.05) is 29.6 Å². The first-order chi connectivity index (χ1) is 14.6. The molecule has 0 radical (unpaired) electrons. The number of rotatable bonds is 10. The molecule has 0 N–H and O–H groups in total. The Kier molecular flexibility index (Phi) is 8.07. The molecular weight excluding hydrogens is 424 g/mol. The van der Waals surface area contributed by atoms with Crippen molar-refractivity contribution in [3.05, 3.63) is 75.2 Å². The fourth-order valence-electron chi connectivity index (χ4n) is 2.73. The summed E-state index contributed by atoms with van der Waals surface area (Å²) in [6.45, 7) is 1.66. The Morgan fingerprint density at radius 3 is 2.43 bits per heavy atom. The molecule has 0 saturated heterocycles. The van der Waals surface area contributed by atoms with E-state index in [0.29, 0.717) is 36.9 Å². The van der Waals surface area contributed by atoms with E-state index in [-0.39, 0.29) is 5.91 Å². The third-order valence-electron chi connectivity index (χ3n) is 4.32. The number of amides is 1. The van der Waals surface area contributed by atoms with Crippen molar-refractivity contribution in [2.45, 2.75) is 13.2 Å². The van der Waals surface area contributed by atoms with Gasteiger partial charge in [-0.1, -0.05) is 11.6 Å². The summed E-state index contributed by atoms with van der Waals surface area (Å²) >= 11 is 7.43. The standard InChI is InChI=1S/C22H23ClN2O4S/c1-27-12-11-25(22(26)16-3-5-17(23)6-4-16)13-18-15-30-21(24-18)14-29-20-9-7-19(28-2)8-10-20/h3-10,15H,11-14H2,1-2H3. The smallest absolute Gasteiger partial charge is 0.254 e. The van der Waals surface area contributed by atoms with Gasteiger partial charge in [0.25, 0.3) is 5.91 Å². The minimum Gasteiger partial charge on any atom is -0.497 e. The van der Waals surface area contributed by atoms with Gasteiger partial charge in [-0.2, -0.15) is 0 Å². The number of nitrogens with zero attached hydrogens (tertiary/aromatic N) is 2. The normalized spacial score (nSPS) is 10.6. The van der Waals surface area contributed by atoms with Gasteiger partial charge in [-0.25, -0.2) is 4.98 Å². The van der Waals surface area contributed by atoms with Gasteiger partial charge in [0.1, 0.15) is 23.1 Å². The van der Waals surface area contributed by atoms with Gasteiger partial charge in [-0.05, 0) is 48.5 Å². The Bertz CT molecular complexity index is 945. The molecule has 0 bridgehead atoms. The van der Waals surface area contributed by atoms with E-state index in [1.54, 1.807) is 43.4 Å². The van der Waals surface area contributed by atoms with Gasteiger partial charge in [-0.3, -0.25) is 4.79 Å². The molecule has 0 fully saturated rings. The quantitative estimate of drug-likeness (QED) is 0.452. The van der Waals surface area contributed by atoms with E-state index >= 15 is 0 Å². The SMILES string of the molecule is COCCN(Cc1csc(COc2ccc(OC)cc2)n1)C(=O)c1ccc(Cl)cc1. The Hall–Kier alpha value is -2.61. The van der Waals surface area contributed by atoms with Gasteiger partial charge in [0, 0.05) is 29.6 Å². The summed E-state index contributed by atoms with van der Waals surface area (Å²) in [4.78, 5) is 19.2. The van der Waals surface area contributed by atoms with Crippen LogP contribution < -0.4 is 9.47 Å². The van der Waals surface area contributed by atoms with E-state index in [9.17, 15) is 4.79 Å². The second-order valence-electron chi connectivity index (χ2n) is 6.42. The van der Waals surface area contributed by atoms with Gasteiger partial charge >= 0.3 is 0 Å². The molecule has 1 amide bonds. The topological polar surface area (TPSA) is 60.9 Å². The van der Waals surface area contributed by atoms with Gasteiger partial charge < -0.3 is 19.1 Å². The molecule has 8 heteroatoms. The maximum Gasteiger partial charge on any atom is 0.254 e. The van der Waals surface area contributed by atoms with Crippen LogP contribution in [0.25, 0.3) is 0 Å². The summed E-state index contributed by atoms with van der Waals surface area (Å²) in [5.41, 5.74) is 1.39. The van der Waals surface area contributed by atoms with Crippen LogP contribution in [0.4, 0.5) is 0 Å². The summed E-state index contributed by atoms with van der Waals surface area (Å²) in [6.07, 6.45) is 0. The van der Waals surface area contributed by atoms with Crippen LogP contribution in [0.5, 0.6) is 11.5 Å². The maximum absolute atomic E-state index is 12.9. The lowest BCUT2D eigenvalue weighted by molar-refractivity contribution is 0.0678. The minimum absolute atomic E-state index is 0.0900. The second-order valence-corrected chi connectivity index (χ2v) is 7.80. The predicted octanol–water partition coefficient (Wildman–Crippen LogP) is 4.67. The van der Waals surface area contributed by atoms with Gasteiger partial charge in [0.2, 0.25) is 0 Å². The highest BCUT2D eigenvalue weighted by Gasteiger charge is 2.17. The minimum atomic E-state index is -0.0900. The summed E-state index contributed by atoms with van der Waals surface area (Å²) in [6, 6.07) is 14.3. The first-order valence-electron chi connectivity index (χ1n) is 9.33. The van der Waals surface area contributed by atoms with Crippen LogP contribution in [0.2, 0.25) is 5.02 Å². The molecule has 3 rings (SSSR count). The molecule has 0 atom stereocenters. The van der Waals surface area contributed by atoms with E-state index in [4.69, 9.17) is 25.8 Å². The molecule has 158 valence electrons. The van der Waals surface area contributed by atoms with Crippen LogP contribution in [0, 0.1) is 0 Å². The molecular formula is C22H23ClN2O4S. The summed E-state index contributed by atoms with van der Waals surface area (Å²) in [5.74, 6) is 1.43. The average molecular weight is 447 g/mol. The number of carbonyl (C=O) groups is 1. The van der Waals surface area contributed by atoms with Crippen LogP contribution in [0.3, 0.4) is 0 Å². The zero-order chi connectivity index (χ0) is 21.3. The van der Waals surface area contributed by atoms with E-state index in [1.165, 1.54) is 11.3 Å². The van der Waals surface area contributed by atoms with Crippen molar-refractivity contribution in [1.29, 1.82) is 0 Å². The van der Waals surface area contributed by atoms with Crippen LogP contribution in [0.15, 0.2) is 53.9 Å². The van der Waals surface area contributed by atoms with Crippen molar-refractivity contribution in [2.24, 2.45) is 0 Å². The molecule has 2 aromatic carbocycles. The molecule has 0 aliphatic carbocycles. The van der Waals surface area contributed by atoms with Crippen molar-refractivity contribution in [3.8, 4) is 11.5 Å². The Morgan fingerprint density at radius 1 is 1.07 bits per heavy atom. The average Bonchev–Trinajstić information content (AvgIpc) is 3.23. The van der Waals surface area contributed by atoms with Crippen molar-refractivity contribution in [1.82, 2.24) is 9.88 Å². The summed E-state index contributed by atoms with van der Waals surface area (Å²) in [5, 5.41) is 3.38. The number of thiazole rings is 1. The molecule has 1 heterocycles. The highest BCUT2D eigenvalue weighted by molar-refractivity contribution is 7.09. The highest BCUT2D eigenvalue weighted by Crippen LogP contribution is 2.20. The Labute approximate surface area is 185 Å². The molecule has 0 unspecified atom stereocenters. The molecule has 6 nitrogen and oxygen atoms in total. The number of aromatic nitrogens is 1. The lowest BCUT2D eigenvalue weighted by Crippen LogP contribution is -2.33. The molecule has 0 saturated carbocycles. The lowest BCUT2D eigenvalue weighted by atomic mass is 10.2. The highest BCUT2D eigenvalue weighted by atomic mass is 35.5. The number of benzene rings is 2. The van der Waals surface area contributed by atoms with Crippen LogP contribution in [-0.4, -0.2) is 43.2 Å². The van der Waals surface area contributed by atoms with Crippen molar-refractivity contribution in [3.63, 3.8) is 0 Å². The summed E-state index contributed by atoms with van der Waals surface area (Å²) in [7, 11) is 3.24. The summed E-state index contributed by atoms with van der Waals surface area (Å²) < 4.78 is 16.1. The zero-order valence-corrected chi connectivity index (χ0v) is 18.4. The number of hydrogen-bond donors (Lipinski definition) is 0. The van der Waals surface area contributed by atoms with Crippen LogP contribution in [-0.2, 0) is 17.9 Å². The predicted molar refractivity (Wildman–Crippen MR) is 118 cm³/mol. The largest absolute Gasteiger partial charge is 0.497 e. The first-order valence-corrected chi connectivity index (χ1v) is 10.6. The lowest BCUT2D eigenvalue weighted by Gasteiger charge is -2.21. The Balaban J connectivity index is 1.62. The first kappa shape index (κ1) is 22.1. The van der Waals surface area contributed by atoms with Crippen LogP contribution >= 0.6 is 22.9 Å². The number of ether oxygens (including phenoxy) is 3. The fraction of sp³-hybridized carbons (Fsp3) is 0.273. The Morgan fingerprint density at radius 2 is 1.77 bits per heavy atom. The number of methoxy groups -OCH3 is 2. The van der Waals surface area contributed by atoms with Gasteiger partial charge in [0.15, 0.2) is 0 Å². The molecule has 3 aromatic rings. The molecule has 0 aliphatic rings. The molecule has 1 aromatic heterocycles. The number of hydrogen-bond acceptors (Lipinski definition) is 6. The number of carbonyl (C=O) groups excluding carboxylic acids is 1. The van der Waals surface area contributed by atoms with Gasteiger partial charge in [-0.15, -0.1) is 11.3 Å². The van der Waals surface area contributed by atoms with E-state index in [2.05, 4.69) is 4.98 Å². The fourth-order valence-corrected chi connectivity index (χ4v) is 3.55. The second kappa shape index (κ2) is 11.0. The molecule has 0 aliphatic heterocycles. The third-order valence-corrected chi connectivity index (χ3v) is 5.44.